The Morgan fingerprint density at radius 3 is 2.35 bits per heavy atom. The molecule has 3 N–H and O–H groups in total. The number of aliphatic hydroxyl groups is 1. The number of hydrogen-bond donors (Lipinski definition) is 3. The number of aliphatic hydroxyl groups excluding tert-OH is 1. The molecule has 6 nitrogen and oxygen atoms in total. The molecule has 0 fully saturated rings. The van der Waals surface area contributed by atoms with Crippen LogP contribution in [0.3, 0.4) is 0 Å². The molecule has 1 atom stereocenters. The topological polar surface area (TPSA) is 81.7 Å². The van der Waals surface area contributed by atoms with Crippen LogP contribution in [0.1, 0.15) is 20.8 Å². The Kier molecular flexibility index (Phi) is 5.68. The number of amides is 1. The van der Waals surface area contributed by atoms with E-state index in [1.165, 1.54) is 18.7 Å². The molecule has 1 unspecified atom stereocenters. The highest BCUT2D eigenvalue weighted by Gasteiger charge is 2.31. The van der Waals surface area contributed by atoms with Gasteiger partial charge < -0.3 is 20.6 Å². The van der Waals surface area contributed by atoms with Crippen molar-refractivity contribution in [2.75, 3.05) is 23.8 Å². The SMILES string of the molecule is CC(=O)Nc1ccc(NC2SC(C(C)=O)=C(C)N2CCO)cc1. The maximum Gasteiger partial charge on any atom is 0.221 e. The first-order chi connectivity index (χ1) is 10.9. The van der Waals surface area contributed by atoms with Crippen molar-refractivity contribution in [1.29, 1.82) is 0 Å². The van der Waals surface area contributed by atoms with Gasteiger partial charge in [0.2, 0.25) is 5.91 Å². The number of nitrogens with one attached hydrogen (secondary N) is 2. The van der Waals surface area contributed by atoms with Gasteiger partial charge in [-0.2, -0.15) is 0 Å². The zero-order valence-electron chi connectivity index (χ0n) is 13.4. The molecule has 1 aliphatic heterocycles. The second kappa shape index (κ2) is 7.52. The molecule has 1 heterocycles. The van der Waals surface area contributed by atoms with Crippen LogP contribution in [-0.2, 0) is 9.59 Å². The summed E-state index contributed by atoms with van der Waals surface area (Å²) in [6, 6.07) is 7.35. The number of carbonyl (C=O) groups is 2. The van der Waals surface area contributed by atoms with Crippen LogP contribution < -0.4 is 10.6 Å². The third-order valence-electron chi connectivity index (χ3n) is 3.43. The molecule has 0 saturated heterocycles. The highest BCUT2D eigenvalue weighted by molar-refractivity contribution is 8.04. The lowest BCUT2D eigenvalue weighted by molar-refractivity contribution is -0.114. The molecule has 1 aromatic carbocycles. The fourth-order valence-corrected chi connectivity index (χ4v) is 3.66. The molecular weight excluding hydrogens is 314 g/mol. The molecule has 124 valence electrons. The second-order valence-corrected chi connectivity index (χ2v) is 6.35. The first-order valence-electron chi connectivity index (χ1n) is 7.32. The molecule has 2 rings (SSSR count). The lowest BCUT2D eigenvalue weighted by Crippen LogP contribution is -2.35. The Balaban J connectivity index is 2.10. The fourth-order valence-electron chi connectivity index (χ4n) is 2.40. The van der Waals surface area contributed by atoms with Crippen molar-refractivity contribution in [1.82, 2.24) is 4.90 Å². The number of carbonyl (C=O) groups excluding carboxylic acids is 2. The van der Waals surface area contributed by atoms with Crippen LogP contribution in [0.2, 0.25) is 0 Å². The van der Waals surface area contributed by atoms with Gasteiger partial charge in [0.25, 0.3) is 0 Å². The molecule has 0 aromatic heterocycles. The normalized spacial score (nSPS) is 17.4. The number of allylic oxidation sites excluding steroid dienone is 2. The van der Waals surface area contributed by atoms with Gasteiger partial charge >= 0.3 is 0 Å². The predicted molar refractivity (Wildman–Crippen MR) is 92.9 cm³/mol. The summed E-state index contributed by atoms with van der Waals surface area (Å²) in [6.07, 6.45) is 0. The van der Waals surface area contributed by atoms with E-state index in [2.05, 4.69) is 10.6 Å². The minimum absolute atomic E-state index is 0.0166. The van der Waals surface area contributed by atoms with Gasteiger partial charge in [0.05, 0.1) is 11.5 Å². The number of rotatable bonds is 6. The first-order valence-corrected chi connectivity index (χ1v) is 8.20. The van der Waals surface area contributed by atoms with E-state index >= 15 is 0 Å². The zero-order chi connectivity index (χ0) is 17.0. The van der Waals surface area contributed by atoms with E-state index in [9.17, 15) is 14.7 Å². The van der Waals surface area contributed by atoms with Crippen molar-refractivity contribution in [3.05, 3.63) is 34.9 Å². The summed E-state index contributed by atoms with van der Waals surface area (Å²) in [4.78, 5) is 25.4. The molecule has 0 aliphatic carbocycles. The maximum atomic E-state index is 11.7. The van der Waals surface area contributed by atoms with E-state index in [4.69, 9.17) is 0 Å². The molecule has 0 saturated carbocycles. The summed E-state index contributed by atoms with van der Waals surface area (Å²) in [5.74, 6) is -0.0853. The van der Waals surface area contributed by atoms with Crippen LogP contribution in [0.4, 0.5) is 11.4 Å². The minimum atomic E-state index is -0.146. The average Bonchev–Trinajstić information content (AvgIpc) is 2.78. The molecule has 7 heteroatoms. The Morgan fingerprint density at radius 2 is 1.83 bits per heavy atom. The number of ketones is 1. The molecule has 1 aromatic rings. The van der Waals surface area contributed by atoms with Crippen LogP contribution >= 0.6 is 11.8 Å². The number of Topliss-reactive ketones (excluding diaryl/α,β-unsaturated/α-hetero) is 1. The molecule has 0 spiro atoms. The van der Waals surface area contributed by atoms with Gasteiger partial charge in [0.1, 0.15) is 0 Å². The number of benzene rings is 1. The average molecular weight is 335 g/mol. The molecule has 1 aliphatic rings. The van der Waals surface area contributed by atoms with E-state index in [0.29, 0.717) is 11.4 Å². The van der Waals surface area contributed by atoms with Crippen molar-refractivity contribution < 1.29 is 14.7 Å². The highest BCUT2D eigenvalue weighted by atomic mass is 32.2. The smallest absolute Gasteiger partial charge is 0.221 e. The van der Waals surface area contributed by atoms with Gasteiger partial charge in [0.15, 0.2) is 11.3 Å². The largest absolute Gasteiger partial charge is 0.395 e. The molecule has 0 radical (unpaired) electrons. The number of hydrogen-bond acceptors (Lipinski definition) is 6. The first kappa shape index (κ1) is 17.4. The van der Waals surface area contributed by atoms with Crippen molar-refractivity contribution in [3.8, 4) is 0 Å². The van der Waals surface area contributed by atoms with E-state index in [1.54, 1.807) is 6.92 Å². The number of anilines is 2. The summed E-state index contributed by atoms with van der Waals surface area (Å²) in [7, 11) is 0. The van der Waals surface area contributed by atoms with Crippen LogP contribution in [0.15, 0.2) is 34.9 Å². The summed E-state index contributed by atoms with van der Waals surface area (Å²) in [5, 5.41) is 15.3. The number of β-amino-alcohol motifs (C(OH)–C–C–N with tert-alkyl or cyclic N) is 1. The van der Waals surface area contributed by atoms with Crippen molar-refractivity contribution >= 4 is 34.8 Å². The Hall–Kier alpha value is -1.99. The fraction of sp³-hybridized carbons (Fsp3) is 0.375. The van der Waals surface area contributed by atoms with Gasteiger partial charge in [-0.15, -0.1) is 0 Å². The number of thioether (sulfide) groups is 1. The van der Waals surface area contributed by atoms with Crippen LogP contribution in [0.5, 0.6) is 0 Å². The Labute approximate surface area is 139 Å². The maximum absolute atomic E-state index is 11.7. The van der Waals surface area contributed by atoms with Crippen LogP contribution in [0.25, 0.3) is 0 Å². The lowest BCUT2D eigenvalue weighted by Gasteiger charge is -2.28. The van der Waals surface area contributed by atoms with Crippen molar-refractivity contribution in [2.24, 2.45) is 0 Å². The second-order valence-electron chi connectivity index (χ2n) is 5.26. The monoisotopic (exact) mass is 335 g/mol. The van der Waals surface area contributed by atoms with Crippen molar-refractivity contribution in [2.45, 2.75) is 26.3 Å². The Morgan fingerprint density at radius 1 is 1.22 bits per heavy atom. The molecular formula is C16H21N3O3S. The molecule has 0 bridgehead atoms. The van der Waals surface area contributed by atoms with Gasteiger partial charge in [0, 0.05) is 30.5 Å². The standard InChI is InChI=1S/C16H21N3O3S/c1-10-15(11(2)21)23-16(19(10)8-9-20)18-14-6-4-13(5-7-14)17-12(3)22/h4-7,16,18,20H,8-9H2,1-3H3,(H,17,22). The van der Waals surface area contributed by atoms with E-state index in [0.717, 1.165) is 17.1 Å². The third-order valence-corrected chi connectivity index (χ3v) is 4.84. The summed E-state index contributed by atoms with van der Waals surface area (Å²) >= 11 is 1.45. The highest BCUT2D eigenvalue weighted by Crippen LogP contribution is 2.38. The van der Waals surface area contributed by atoms with Crippen LogP contribution in [-0.4, -0.2) is 40.3 Å². The third kappa shape index (κ3) is 4.27. The van der Waals surface area contributed by atoms with Crippen molar-refractivity contribution in [3.63, 3.8) is 0 Å². The molecule has 23 heavy (non-hydrogen) atoms. The molecule has 1 amide bonds. The number of nitrogens with zero attached hydrogens (tertiary/aromatic N) is 1. The van der Waals surface area contributed by atoms with Gasteiger partial charge in [-0.05, 0) is 38.1 Å². The van der Waals surface area contributed by atoms with Gasteiger partial charge in [-0.25, -0.2) is 0 Å². The van der Waals surface area contributed by atoms with E-state index in [-0.39, 0.29) is 23.8 Å². The Bertz CT molecular complexity index is 628. The van der Waals surface area contributed by atoms with Crippen LogP contribution in [0, 0.1) is 0 Å². The van der Waals surface area contributed by atoms with Gasteiger partial charge in [-0.3, -0.25) is 9.59 Å². The lowest BCUT2D eigenvalue weighted by atomic mass is 10.2. The van der Waals surface area contributed by atoms with E-state index < -0.39 is 0 Å². The minimum Gasteiger partial charge on any atom is -0.395 e. The van der Waals surface area contributed by atoms with E-state index in [1.807, 2.05) is 36.1 Å². The summed E-state index contributed by atoms with van der Waals surface area (Å²) in [5.41, 5.74) is 2.33. The summed E-state index contributed by atoms with van der Waals surface area (Å²) in [6.45, 7) is 5.38. The quantitative estimate of drug-likeness (QED) is 0.739. The van der Waals surface area contributed by atoms with Gasteiger partial charge in [-0.1, -0.05) is 11.8 Å². The summed E-state index contributed by atoms with van der Waals surface area (Å²) < 4.78 is 0. The predicted octanol–water partition coefficient (Wildman–Crippen LogP) is 2.20. The zero-order valence-corrected chi connectivity index (χ0v) is 14.2.